The van der Waals surface area contributed by atoms with Crippen LogP contribution >= 0.6 is 0 Å². The van der Waals surface area contributed by atoms with Gasteiger partial charge in [-0.1, -0.05) is 60.7 Å². The molecule has 0 aliphatic carbocycles. The number of benzene rings is 4. The maximum atomic E-state index is 12.7. The quantitative estimate of drug-likeness (QED) is 0.0478. The van der Waals surface area contributed by atoms with Crippen LogP contribution in [0.4, 0.5) is 58.4 Å². The van der Waals surface area contributed by atoms with Gasteiger partial charge < -0.3 is 40.5 Å². The minimum Gasteiger partial charge on any atom is -0.378 e. The van der Waals surface area contributed by atoms with Crippen molar-refractivity contribution in [3.63, 3.8) is 0 Å². The first-order chi connectivity index (χ1) is 29.9. The van der Waals surface area contributed by atoms with E-state index in [1.165, 1.54) is 48.6 Å². The first kappa shape index (κ1) is 45.2. The van der Waals surface area contributed by atoms with Crippen LogP contribution in [0.25, 0.3) is 12.2 Å². The van der Waals surface area contributed by atoms with E-state index in [1.807, 2.05) is 70.5 Å². The van der Waals surface area contributed by atoms with Gasteiger partial charge in [-0.05, 0) is 59.7 Å². The van der Waals surface area contributed by atoms with Crippen molar-refractivity contribution in [3.05, 3.63) is 108 Å². The molecule has 4 aromatic carbocycles. The topological polar surface area (TPSA) is 259 Å². The van der Waals surface area contributed by atoms with Gasteiger partial charge in [-0.2, -0.15) is 46.7 Å². The summed E-state index contributed by atoms with van der Waals surface area (Å²) in [6.45, 7) is 4.13. The molecule has 63 heavy (non-hydrogen) atoms. The Hall–Kier alpha value is -5.82. The van der Waals surface area contributed by atoms with Crippen LogP contribution < -0.4 is 31.1 Å². The first-order valence-corrected chi connectivity index (χ1v) is 22.1. The third-order valence-corrected chi connectivity index (χ3v) is 11.3. The number of hydrogen-bond donors (Lipinski definition) is 6. The molecule has 2 aliphatic rings. The number of aromatic nitrogens is 6. The summed E-state index contributed by atoms with van der Waals surface area (Å²) in [7, 11) is -9.67. The van der Waals surface area contributed by atoms with E-state index in [1.54, 1.807) is 0 Å². The molecule has 20 nitrogen and oxygen atoms in total. The number of para-hydroxylation sites is 2. The zero-order chi connectivity index (χ0) is 43.1. The summed E-state index contributed by atoms with van der Waals surface area (Å²) >= 11 is 0. The van der Waals surface area contributed by atoms with Crippen molar-refractivity contribution in [2.24, 2.45) is 0 Å². The van der Waals surface area contributed by atoms with Crippen LogP contribution in [0.3, 0.4) is 0 Å². The Labute approximate surface area is 385 Å². The first-order valence-electron chi connectivity index (χ1n) is 19.2. The average molecular weight is 904 g/mol. The smallest absolute Gasteiger partial charge is 0.295 e. The Bertz CT molecular complexity index is 2610. The van der Waals surface area contributed by atoms with Gasteiger partial charge in [0.2, 0.25) is 35.7 Å². The Balaban J connectivity index is 0.00000595. The van der Waals surface area contributed by atoms with Crippen molar-refractivity contribution in [2.45, 2.75) is 9.79 Å². The fourth-order valence-electron chi connectivity index (χ4n) is 6.45. The molecule has 0 unspecified atom stereocenters. The fraction of sp³-hybridized carbons (Fsp3) is 0.200. The summed E-state index contributed by atoms with van der Waals surface area (Å²) in [5, 5.41) is 12.3. The second kappa shape index (κ2) is 20.1. The molecule has 2 aromatic heterocycles. The van der Waals surface area contributed by atoms with Gasteiger partial charge in [-0.25, -0.2) is 0 Å². The molecule has 2 saturated heterocycles. The largest absolute Gasteiger partial charge is 0.378 e. The molecule has 8 rings (SSSR count). The van der Waals surface area contributed by atoms with Crippen LogP contribution in [-0.4, -0.2) is 138 Å². The molecule has 23 heteroatoms. The maximum absolute atomic E-state index is 12.7. The summed E-state index contributed by atoms with van der Waals surface area (Å²) in [4.78, 5) is 30.1. The van der Waals surface area contributed by atoms with E-state index < -0.39 is 30.0 Å². The summed E-state index contributed by atoms with van der Waals surface area (Å²) < 4.78 is 82.5. The fourth-order valence-corrected chi connectivity index (χ4v) is 7.87. The van der Waals surface area contributed by atoms with Crippen LogP contribution in [0.2, 0.25) is 0 Å². The molecule has 6 N–H and O–H groups in total. The van der Waals surface area contributed by atoms with Gasteiger partial charge >= 0.3 is 0 Å². The molecule has 4 heterocycles. The molecule has 1 radical (unpaired) electrons. The van der Waals surface area contributed by atoms with Crippen LogP contribution in [0.1, 0.15) is 11.1 Å². The SMILES string of the molecule is O=S(=O)(O)c1cc(Nc2nc(Nc3ccccc3)nc(N3CCOCC3)n2)ccc1C=Cc1ccc(Nc2nc(Nc3ccccc3)nc(N3CCOCC3)n2)cc1S(=O)(=O)O.[Na]. The van der Waals surface area contributed by atoms with Crippen molar-refractivity contribution < 1.29 is 35.4 Å². The number of nitrogens with zero attached hydrogens (tertiary/aromatic N) is 8. The van der Waals surface area contributed by atoms with Crippen molar-refractivity contribution in [3.8, 4) is 0 Å². The molecule has 0 atom stereocenters. The van der Waals surface area contributed by atoms with Gasteiger partial charge in [0.15, 0.2) is 0 Å². The predicted molar refractivity (Wildman–Crippen MR) is 239 cm³/mol. The number of hydrogen-bond acceptors (Lipinski definition) is 18. The van der Waals surface area contributed by atoms with Crippen LogP contribution in [0, 0.1) is 0 Å². The third-order valence-electron chi connectivity index (χ3n) is 9.43. The summed E-state index contributed by atoms with van der Waals surface area (Å²) in [5.41, 5.74) is 1.92. The Morgan fingerprint density at radius 1 is 0.476 bits per heavy atom. The number of morpholine rings is 2. The van der Waals surface area contributed by atoms with Gasteiger partial charge in [0, 0.05) is 78.5 Å². The van der Waals surface area contributed by atoms with E-state index in [4.69, 9.17) is 9.47 Å². The number of anilines is 10. The van der Waals surface area contributed by atoms with Gasteiger partial charge in [0.05, 0.1) is 26.4 Å². The number of rotatable bonds is 14. The standard InChI is InChI=1S/C40H40N12O8S2.Na/c53-61(54,55)33-25-31(43-37-45-35(41-29-7-3-1-4-8-29)47-39(49-37)51-17-21-59-22-18-51)15-13-27(33)11-12-28-14-16-32(26-34(28)62(56,57)58)44-38-46-36(42-30-9-5-2-6-10-30)48-40(50-38)52-19-23-60-24-20-52;/h1-16,25-26H,17-24H2,(H,53,54,55)(H,56,57,58)(H2,41,43,45,47,49)(H2,42,44,46,48,50);. The molecule has 0 bridgehead atoms. The molecular weight excluding hydrogens is 864 g/mol. The van der Waals surface area contributed by atoms with E-state index in [-0.39, 0.29) is 75.9 Å². The third kappa shape index (κ3) is 12.0. The second-order valence-electron chi connectivity index (χ2n) is 13.8. The van der Waals surface area contributed by atoms with E-state index in [2.05, 4.69) is 51.2 Å². The molecule has 6 aromatic rings. The maximum Gasteiger partial charge on any atom is 0.295 e. The zero-order valence-corrected chi connectivity index (χ0v) is 37.4. The van der Waals surface area contributed by atoms with Crippen molar-refractivity contribution in [1.82, 2.24) is 29.9 Å². The van der Waals surface area contributed by atoms with E-state index in [0.29, 0.717) is 64.5 Å². The van der Waals surface area contributed by atoms with Crippen LogP contribution in [0.5, 0.6) is 0 Å². The summed E-state index contributed by atoms with van der Waals surface area (Å²) in [6, 6.07) is 26.8. The molecule has 321 valence electrons. The van der Waals surface area contributed by atoms with E-state index >= 15 is 0 Å². The number of nitrogens with one attached hydrogen (secondary N) is 4. The number of ether oxygens (including phenoxy) is 2. The Kier molecular flexibility index (Phi) is 14.4. The molecule has 2 fully saturated rings. The van der Waals surface area contributed by atoms with Crippen LogP contribution in [-0.2, 0) is 29.7 Å². The van der Waals surface area contributed by atoms with Gasteiger partial charge in [0.1, 0.15) is 9.79 Å². The van der Waals surface area contributed by atoms with Gasteiger partial charge in [0.25, 0.3) is 20.2 Å². The van der Waals surface area contributed by atoms with Crippen LogP contribution in [0.15, 0.2) is 107 Å². The van der Waals surface area contributed by atoms with Crippen molar-refractivity contribution in [1.29, 1.82) is 0 Å². The normalized spacial score (nSPS) is 14.5. The minimum atomic E-state index is -4.83. The van der Waals surface area contributed by atoms with Crippen molar-refractivity contribution in [2.75, 3.05) is 83.7 Å². The zero-order valence-electron chi connectivity index (χ0n) is 33.8. The Morgan fingerprint density at radius 3 is 1.14 bits per heavy atom. The summed E-state index contributed by atoms with van der Waals surface area (Å²) in [6.07, 6.45) is 2.60. The average Bonchev–Trinajstić information content (AvgIpc) is 3.27. The van der Waals surface area contributed by atoms with Gasteiger partial charge in [-0.15, -0.1) is 0 Å². The second-order valence-corrected chi connectivity index (χ2v) is 16.6. The molecule has 2 aliphatic heterocycles. The molecule has 0 amide bonds. The minimum absolute atomic E-state index is 0. The monoisotopic (exact) mass is 903 g/mol. The molecular formula is C40H40N12NaO8S2. The Morgan fingerprint density at radius 2 is 0.810 bits per heavy atom. The molecule has 0 spiro atoms. The summed E-state index contributed by atoms with van der Waals surface area (Å²) in [5.74, 6) is 1.38. The van der Waals surface area contributed by atoms with Crippen molar-refractivity contribution >= 4 is 120 Å². The molecule has 0 saturated carbocycles. The van der Waals surface area contributed by atoms with Gasteiger partial charge in [-0.3, -0.25) is 9.11 Å². The van der Waals surface area contributed by atoms with E-state index in [9.17, 15) is 25.9 Å². The van der Waals surface area contributed by atoms with E-state index in [0.717, 1.165) is 11.4 Å². The predicted octanol–water partition coefficient (Wildman–Crippen LogP) is 4.99.